The van der Waals surface area contributed by atoms with Crippen LogP contribution >= 0.6 is 11.6 Å². The Balaban J connectivity index is 1.86. The SMILES string of the molecule is C[C@@H](C(=O)N1CCCCC1)N1C(=O)N[C@](C)(c2ccccc2Cl)C1=O. The van der Waals surface area contributed by atoms with E-state index in [1.165, 1.54) is 0 Å². The van der Waals surface area contributed by atoms with Crippen molar-refractivity contribution in [3.8, 4) is 0 Å². The number of imide groups is 1. The van der Waals surface area contributed by atoms with E-state index in [1.54, 1.807) is 43.0 Å². The van der Waals surface area contributed by atoms with E-state index in [-0.39, 0.29) is 5.91 Å². The molecule has 1 aromatic rings. The first-order valence-electron chi connectivity index (χ1n) is 8.56. The molecule has 25 heavy (non-hydrogen) atoms. The Kier molecular flexibility index (Phi) is 4.73. The first kappa shape index (κ1) is 17.7. The summed E-state index contributed by atoms with van der Waals surface area (Å²) in [6, 6.07) is 5.50. The Bertz CT molecular complexity index is 717. The summed E-state index contributed by atoms with van der Waals surface area (Å²) in [5.41, 5.74) is -0.749. The van der Waals surface area contributed by atoms with E-state index in [0.29, 0.717) is 23.7 Å². The molecule has 4 amide bonds. The van der Waals surface area contributed by atoms with E-state index >= 15 is 0 Å². The molecule has 6 nitrogen and oxygen atoms in total. The van der Waals surface area contributed by atoms with Crippen molar-refractivity contribution in [3.63, 3.8) is 0 Å². The molecule has 2 aliphatic rings. The normalized spacial score (nSPS) is 25.1. The second-order valence-electron chi connectivity index (χ2n) is 6.77. The molecule has 0 bridgehead atoms. The predicted octanol–water partition coefficient (Wildman–Crippen LogP) is 2.51. The van der Waals surface area contributed by atoms with E-state index in [1.807, 2.05) is 0 Å². The zero-order valence-corrected chi connectivity index (χ0v) is 15.2. The molecule has 0 saturated carbocycles. The van der Waals surface area contributed by atoms with Crippen molar-refractivity contribution < 1.29 is 14.4 Å². The highest BCUT2D eigenvalue weighted by Crippen LogP contribution is 2.34. The lowest BCUT2D eigenvalue weighted by molar-refractivity contribution is -0.143. The summed E-state index contributed by atoms with van der Waals surface area (Å²) >= 11 is 6.22. The zero-order valence-electron chi connectivity index (χ0n) is 14.4. The van der Waals surface area contributed by atoms with E-state index in [9.17, 15) is 14.4 Å². The van der Waals surface area contributed by atoms with E-state index in [2.05, 4.69) is 5.32 Å². The number of amides is 4. The molecule has 2 fully saturated rings. The van der Waals surface area contributed by atoms with Crippen LogP contribution in [0.2, 0.25) is 5.02 Å². The fourth-order valence-electron chi connectivity index (χ4n) is 3.55. The number of urea groups is 1. The lowest BCUT2D eigenvalue weighted by Crippen LogP contribution is -2.51. The molecule has 2 aliphatic heterocycles. The monoisotopic (exact) mass is 363 g/mol. The molecule has 0 unspecified atom stereocenters. The minimum absolute atomic E-state index is 0.188. The van der Waals surface area contributed by atoms with Gasteiger partial charge in [-0.15, -0.1) is 0 Å². The van der Waals surface area contributed by atoms with Gasteiger partial charge in [0.1, 0.15) is 11.6 Å². The van der Waals surface area contributed by atoms with Crippen LogP contribution in [0.4, 0.5) is 4.79 Å². The molecule has 0 spiro atoms. The number of nitrogens with zero attached hydrogens (tertiary/aromatic N) is 2. The fraction of sp³-hybridized carbons (Fsp3) is 0.500. The summed E-state index contributed by atoms with van der Waals surface area (Å²) in [7, 11) is 0. The molecular formula is C18H22ClN3O3. The van der Waals surface area contributed by atoms with Crippen LogP contribution in [0.1, 0.15) is 38.7 Å². The third kappa shape index (κ3) is 2.99. The lowest BCUT2D eigenvalue weighted by Gasteiger charge is -2.32. The van der Waals surface area contributed by atoms with E-state index in [4.69, 9.17) is 11.6 Å². The van der Waals surface area contributed by atoms with Gasteiger partial charge in [-0.3, -0.25) is 9.59 Å². The quantitative estimate of drug-likeness (QED) is 0.839. The molecule has 2 atom stereocenters. The zero-order chi connectivity index (χ0) is 18.2. The van der Waals surface area contributed by atoms with Gasteiger partial charge in [-0.2, -0.15) is 0 Å². The molecule has 134 valence electrons. The van der Waals surface area contributed by atoms with Gasteiger partial charge in [0.05, 0.1) is 0 Å². The minimum Gasteiger partial charge on any atom is -0.341 e. The van der Waals surface area contributed by atoms with Gasteiger partial charge in [-0.05, 0) is 39.2 Å². The maximum Gasteiger partial charge on any atom is 0.326 e. The van der Waals surface area contributed by atoms with Crippen LogP contribution in [0.5, 0.6) is 0 Å². The van der Waals surface area contributed by atoms with Crippen LogP contribution in [0.15, 0.2) is 24.3 Å². The predicted molar refractivity (Wildman–Crippen MR) is 94.1 cm³/mol. The van der Waals surface area contributed by atoms with Crippen LogP contribution in [-0.4, -0.2) is 46.8 Å². The first-order valence-corrected chi connectivity index (χ1v) is 8.93. The van der Waals surface area contributed by atoms with E-state index in [0.717, 1.165) is 24.2 Å². The summed E-state index contributed by atoms with van der Waals surface area (Å²) in [4.78, 5) is 41.0. The Labute approximate surface area is 152 Å². The summed E-state index contributed by atoms with van der Waals surface area (Å²) in [6.07, 6.45) is 3.01. The standard InChI is InChI=1S/C18H22ClN3O3/c1-12(15(23)21-10-6-3-7-11-21)22-16(24)18(2,20-17(22)25)13-8-4-5-9-14(13)19/h4-5,8-9,12H,3,6-7,10-11H2,1-2H3,(H,20,25)/t12-,18+/m0/s1. The molecule has 1 aromatic carbocycles. The van der Waals surface area contributed by atoms with Crippen molar-refractivity contribution in [3.05, 3.63) is 34.9 Å². The summed E-state index contributed by atoms with van der Waals surface area (Å²) in [5.74, 6) is -0.643. The summed E-state index contributed by atoms with van der Waals surface area (Å²) in [6.45, 7) is 4.57. The van der Waals surface area contributed by atoms with Gasteiger partial charge in [0.25, 0.3) is 5.91 Å². The molecule has 1 N–H and O–H groups in total. The maximum absolute atomic E-state index is 13.0. The largest absolute Gasteiger partial charge is 0.341 e. The highest BCUT2D eigenvalue weighted by atomic mass is 35.5. The van der Waals surface area contributed by atoms with Crippen LogP contribution in [0.25, 0.3) is 0 Å². The number of piperidine rings is 1. The number of likely N-dealkylation sites (tertiary alicyclic amines) is 1. The van der Waals surface area contributed by atoms with Crippen LogP contribution in [0, 0.1) is 0 Å². The molecule has 3 rings (SSSR count). The minimum atomic E-state index is -1.27. The van der Waals surface area contributed by atoms with Crippen LogP contribution in [-0.2, 0) is 15.1 Å². The van der Waals surface area contributed by atoms with Crippen molar-refractivity contribution in [2.75, 3.05) is 13.1 Å². The molecule has 2 saturated heterocycles. The number of hydrogen-bond donors (Lipinski definition) is 1. The Morgan fingerprint density at radius 1 is 1.20 bits per heavy atom. The smallest absolute Gasteiger partial charge is 0.326 e. The molecule has 0 aromatic heterocycles. The van der Waals surface area contributed by atoms with Gasteiger partial charge in [0.15, 0.2) is 0 Å². The highest BCUT2D eigenvalue weighted by Gasteiger charge is 2.52. The Morgan fingerprint density at radius 2 is 1.84 bits per heavy atom. The third-order valence-corrected chi connectivity index (χ3v) is 5.38. The average Bonchev–Trinajstić information content (AvgIpc) is 2.84. The summed E-state index contributed by atoms with van der Waals surface area (Å²) < 4.78 is 0. The van der Waals surface area contributed by atoms with Crippen LogP contribution < -0.4 is 5.32 Å². The molecule has 0 aliphatic carbocycles. The lowest BCUT2D eigenvalue weighted by atomic mass is 9.91. The summed E-state index contributed by atoms with van der Waals surface area (Å²) in [5, 5.41) is 3.11. The molecule has 0 radical (unpaired) electrons. The first-order chi connectivity index (χ1) is 11.9. The average molecular weight is 364 g/mol. The molecule has 7 heteroatoms. The van der Waals surface area contributed by atoms with Gasteiger partial charge >= 0.3 is 6.03 Å². The Hall–Kier alpha value is -2.08. The molecular weight excluding hydrogens is 342 g/mol. The number of carbonyl (C=O) groups is 3. The van der Waals surface area contributed by atoms with E-state index < -0.39 is 23.5 Å². The number of hydrogen-bond acceptors (Lipinski definition) is 3. The van der Waals surface area contributed by atoms with Crippen molar-refractivity contribution >= 4 is 29.4 Å². The number of nitrogens with one attached hydrogen (secondary N) is 1. The van der Waals surface area contributed by atoms with Gasteiger partial charge in [-0.25, -0.2) is 9.69 Å². The van der Waals surface area contributed by atoms with Gasteiger partial charge in [0.2, 0.25) is 5.91 Å². The number of benzene rings is 1. The second-order valence-corrected chi connectivity index (χ2v) is 7.18. The van der Waals surface area contributed by atoms with Crippen molar-refractivity contribution in [2.45, 2.75) is 44.7 Å². The maximum atomic E-state index is 13.0. The third-order valence-electron chi connectivity index (χ3n) is 5.05. The van der Waals surface area contributed by atoms with Gasteiger partial charge in [-0.1, -0.05) is 29.8 Å². The topological polar surface area (TPSA) is 69.7 Å². The Morgan fingerprint density at radius 3 is 2.48 bits per heavy atom. The van der Waals surface area contributed by atoms with Crippen molar-refractivity contribution in [1.29, 1.82) is 0 Å². The van der Waals surface area contributed by atoms with Gasteiger partial charge < -0.3 is 10.2 Å². The fourth-order valence-corrected chi connectivity index (χ4v) is 3.88. The highest BCUT2D eigenvalue weighted by molar-refractivity contribution is 6.32. The number of carbonyl (C=O) groups excluding carboxylic acids is 3. The van der Waals surface area contributed by atoms with Crippen LogP contribution in [0.3, 0.4) is 0 Å². The van der Waals surface area contributed by atoms with Gasteiger partial charge in [0, 0.05) is 23.7 Å². The van der Waals surface area contributed by atoms with Crippen molar-refractivity contribution in [1.82, 2.24) is 15.1 Å². The second kappa shape index (κ2) is 6.67. The van der Waals surface area contributed by atoms with Crippen molar-refractivity contribution in [2.24, 2.45) is 0 Å². The molecule has 2 heterocycles. The number of rotatable bonds is 3. The number of halogens is 1.